The number of amides is 2. The number of carbonyl (C=O) groups excluding carboxylic acids is 2. The molecule has 0 heterocycles. The number of nitrogens with zero attached hydrogens (tertiary/aromatic N) is 1. The van der Waals surface area contributed by atoms with Crippen molar-refractivity contribution in [1.82, 2.24) is 5.43 Å². The number of halogens is 2. The van der Waals surface area contributed by atoms with Gasteiger partial charge < -0.3 is 10.1 Å². The molecule has 2 N–H and O–H groups in total. The zero-order chi connectivity index (χ0) is 22.2. The third-order valence-electron chi connectivity index (χ3n) is 4.19. The van der Waals surface area contributed by atoms with Gasteiger partial charge in [-0.25, -0.2) is 5.43 Å². The molecule has 0 unspecified atom stereocenters. The summed E-state index contributed by atoms with van der Waals surface area (Å²) in [4.78, 5) is 23.8. The van der Waals surface area contributed by atoms with E-state index in [1.165, 1.54) is 6.21 Å². The number of carbonyl (C=O) groups is 2. The van der Waals surface area contributed by atoms with Crippen LogP contribution in [0.5, 0.6) is 5.75 Å². The van der Waals surface area contributed by atoms with Crippen molar-refractivity contribution in [3.63, 3.8) is 0 Å². The third kappa shape index (κ3) is 6.57. The van der Waals surface area contributed by atoms with E-state index in [-0.39, 0.29) is 6.61 Å². The highest BCUT2D eigenvalue weighted by Crippen LogP contribution is 2.25. The maximum absolute atomic E-state index is 11.9. The van der Waals surface area contributed by atoms with Crippen LogP contribution in [0.2, 0.25) is 10.0 Å². The van der Waals surface area contributed by atoms with E-state index in [1.807, 2.05) is 13.0 Å². The van der Waals surface area contributed by atoms with Crippen molar-refractivity contribution in [2.24, 2.45) is 5.10 Å². The second kappa shape index (κ2) is 10.6. The molecule has 0 radical (unpaired) electrons. The minimum atomic E-state index is -0.866. The minimum Gasteiger partial charge on any atom is -0.489 e. The molecule has 6 nitrogen and oxygen atoms in total. The smallest absolute Gasteiger partial charge is 0.329 e. The molecular weight excluding hydrogens is 437 g/mol. The Morgan fingerprint density at radius 1 is 0.968 bits per heavy atom. The highest BCUT2D eigenvalue weighted by Gasteiger charge is 2.12. The van der Waals surface area contributed by atoms with E-state index in [4.69, 9.17) is 27.9 Å². The number of aryl methyl sites for hydroxylation is 1. The molecule has 0 saturated carbocycles. The summed E-state index contributed by atoms with van der Waals surface area (Å²) in [7, 11) is 0. The van der Waals surface area contributed by atoms with Gasteiger partial charge in [-0.15, -0.1) is 0 Å². The first-order valence-corrected chi connectivity index (χ1v) is 10.0. The van der Waals surface area contributed by atoms with Crippen LogP contribution in [0.4, 0.5) is 5.69 Å². The molecule has 158 valence electrons. The Bertz CT molecular complexity index is 1100. The number of hydrazone groups is 1. The monoisotopic (exact) mass is 455 g/mol. The van der Waals surface area contributed by atoms with Gasteiger partial charge in [0.15, 0.2) is 0 Å². The van der Waals surface area contributed by atoms with E-state index in [0.29, 0.717) is 32.6 Å². The number of nitrogens with one attached hydrogen (secondary N) is 2. The second-order valence-corrected chi connectivity index (χ2v) is 7.40. The first-order valence-electron chi connectivity index (χ1n) is 9.29. The van der Waals surface area contributed by atoms with Crippen LogP contribution in [0, 0.1) is 6.92 Å². The van der Waals surface area contributed by atoms with Crippen LogP contribution >= 0.6 is 23.2 Å². The fourth-order valence-electron chi connectivity index (χ4n) is 2.60. The van der Waals surface area contributed by atoms with Gasteiger partial charge in [0.2, 0.25) is 0 Å². The Labute approximate surface area is 189 Å². The Morgan fingerprint density at radius 3 is 2.32 bits per heavy atom. The predicted octanol–water partition coefficient (Wildman–Crippen LogP) is 4.97. The highest BCUT2D eigenvalue weighted by molar-refractivity contribution is 6.39. The third-order valence-corrected chi connectivity index (χ3v) is 4.90. The Kier molecular flexibility index (Phi) is 7.65. The van der Waals surface area contributed by atoms with Crippen LogP contribution in [0.25, 0.3) is 0 Å². The molecule has 0 atom stereocenters. The molecule has 3 rings (SSSR count). The summed E-state index contributed by atoms with van der Waals surface area (Å²) < 4.78 is 5.71. The molecule has 0 aliphatic rings. The second-order valence-electron chi connectivity index (χ2n) is 6.58. The average molecular weight is 456 g/mol. The lowest BCUT2D eigenvalue weighted by molar-refractivity contribution is -0.136. The van der Waals surface area contributed by atoms with E-state index in [1.54, 1.807) is 60.7 Å². The van der Waals surface area contributed by atoms with Crippen molar-refractivity contribution in [3.05, 3.63) is 93.5 Å². The molecule has 0 saturated heterocycles. The number of ether oxygens (including phenoxy) is 1. The van der Waals surface area contributed by atoms with Crippen LogP contribution in [0.15, 0.2) is 71.8 Å². The predicted molar refractivity (Wildman–Crippen MR) is 123 cm³/mol. The molecule has 0 spiro atoms. The van der Waals surface area contributed by atoms with Gasteiger partial charge in [0.1, 0.15) is 12.4 Å². The van der Waals surface area contributed by atoms with E-state index in [9.17, 15) is 9.59 Å². The molecule has 0 bridgehead atoms. The Morgan fingerprint density at radius 2 is 1.65 bits per heavy atom. The van der Waals surface area contributed by atoms with Crippen molar-refractivity contribution in [1.29, 1.82) is 0 Å². The first kappa shape index (κ1) is 22.3. The van der Waals surface area contributed by atoms with E-state index < -0.39 is 11.8 Å². The number of hydrogen-bond acceptors (Lipinski definition) is 4. The first-order chi connectivity index (χ1) is 14.9. The zero-order valence-electron chi connectivity index (χ0n) is 16.6. The van der Waals surface area contributed by atoms with E-state index in [2.05, 4.69) is 15.8 Å². The molecule has 31 heavy (non-hydrogen) atoms. The highest BCUT2D eigenvalue weighted by atomic mass is 35.5. The minimum absolute atomic E-state index is 0.234. The standard InChI is InChI=1S/C23H19Cl2N3O3/c1-15-4-2-5-17(12-15)27-22(29)23(30)28-26-13-16-8-10-18(11-9-16)31-14-19-20(24)6-3-7-21(19)25/h2-13H,14H2,1H3,(H,27,29)(H,28,30)/b26-13-. The van der Waals surface area contributed by atoms with E-state index >= 15 is 0 Å². The van der Waals surface area contributed by atoms with Gasteiger partial charge in [-0.05, 0) is 66.6 Å². The summed E-state index contributed by atoms with van der Waals surface area (Å²) in [5.74, 6) is -1.05. The molecule has 2 amide bonds. The summed E-state index contributed by atoms with van der Waals surface area (Å²) in [6.07, 6.45) is 1.42. The molecule has 0 fully saturated rings. The normalized spacial score (nSPS) is 10.7. The molecule has 0 aliphatic carbocycles. The largest absolute Gasteiger partial charge is 0.489 e. The van der Waals surface area contributed by atoms with Gasteiger partial charge in [-0.3, -0.25) is 9.59 Å². The summed E-state index contributed by atoms with van der Waals surface area (Å²) in [5, 5.41) is 7.40. The summed E-state index contributed by atoms with van der Waals surface area (Å²) >= 11 is 12.3. The van der Waals surface area contributed by atoms with Crippen LogP contribution in [-0.4, -0.2) is 18.0 Å². The van der Waals surface area contributed by atoms with Gasteiger partial charge in [0.05, 0.1) is 6.21 Å². The van der Waals surface area contributed by atoms with Gasteiger partial charge in [0, 0.05) is 21.3 Å². The number of rotatable bonds is 6. The van der Waals surface area contributed by atoms with Crippen LogP contribution in [0.3, 0.4) is 0 Å². The maximum Gasteiger partial charge on any atom is 0.329 e. The molecule has 8 heteroatoms. The lowest BCUT2D eigenvalue weighted by Crippen LogP contribution is -2.32. The van der Waals surface area contributed by atoms with Gasteiger partial charge in [-0.2, -0.15) is 5.10 Å². The van der Waals surface area contributed by atoms with Crippen LogP contribution in [-0.2, 0) is 16.2 Å². The Hall–Kier alpha value is -3.35. The van der Waals surface area contributed by atoms with Crippen molar-refractivity contribution in [2.75, 3.05) is 5.32 Å². The molecular formula is C23H19Cl2N3O3. The topological polar surface area (TPSA) is 79.8 Å². The molecule has 3 aromatic carbocycles. The van der Waals surface area contributed by atoms with Crippen molar-refractivity contribution in [2.45, 2.75) is 13.5 Å². The molecule has 0 aliphatic heterocycles. The SMILES string of the molecule is Cc1cccc(NC(=O)C(=O)N/N=C\c2ccc(OCc3c(Cl)cccc3Cl)cc2)c1. The van der Waals surface area contributed by atoms with Gasteiger partial charge in [-0.1, -0.05) is 41.4 Å². The summed E-state index contributed by atoms with van der Waals surface area (Å²) in [6.45, 7) is 2.13. The fourth-order valence-corrected chi connectivity index (χ4v) is 3.11. The zero-order valence-corrected chi connectivity index (χ0v) is 18.1. The molecule has 3 aromatic rings. The fraction of sp³-hybridized carbons (Fsp3) is 0.0870. The Balaban J connectivity index is 1.50. The van der Waals surface area contributed by atoms with Gasteiger partial charge >= 0.3 is 11.8 Å². The average Bonchev–Trinajstić information content (AvgIpc) is 2.74. The lowest BCUT2D eigenvalue weighted by atomic mass is 10.2. The quantitative estimate of drug-likeness (QED) is 0.312. The van der Waals surface area contributed by atoms with Crippen LogP contribution < -0.4 is 15.5 Å². The maximum atomic E-state index is 11.9. The molecule has 0 aromatic heterocycles. The summed E-state index contributed by atoms with van der Waals surface area (Å²) in [5.41, 5.74) is 5.13. The number of hydrogen-bond donors (Lipinski definition) is 2. The number of anilines is 1. The van der Waals surface area contributed by atoms with Crippen molar-refractivity contribution < 1.29 is 14.3 Å². The number of benzene rings is 3. The van der Waals surface area contributed by atoms with Crippen molar-refractivity contribution in [3.8, 4) is 5.75 Å². The van der Waals surface area contributed by atoms with E-state index in [0.717, 1.165) is 5.56 Å². The van der Waals surface area contributed by atoms with Gasteiger partial charge in [0.25, 0.3) is 0 Å². The van der Waals surface area contributed by atoms with Crippen LogP contribution in [0.1, 0.15) is 16.7 Å². The summed E-state index contributed by atoms with van der Waals surface area (Å²) in [6, 6.07) is 19.4. The van der Waals surface area contributed by atoms with Crippen molar-refractivity contribution >= 4 is 46.9 Å². The lowest BCUT2D eigenvalue weighted by Gasteiger charge is -2.09.